The fourth-order valence-corrected chi connectivity index (χ4v) is 2.77. The van der Waals surface area contributed by atoms with E-state index in [1.165, 1.54) is 31.2 Å². The molecule has 25 heavy (non-hydrogen) atoms. The minimum atomic E-state index is -4.56. The Balaban J connectivity index is 1.98. The summed E-state index contributed by atoms with van der Waals surface area (Å²) in [5.41, 5.74) is 0.287. The predicted octanol–water partition coefficient (Wildman–Crippen LogP) is 2.42. The number of morpholine rings is 1. The largest absolute Gasteiger partial charge is 0.725 e. The first kappa shape index (κ1) is 17.7. The number of ether oxygens (including phenoxy) is 2. The molecule has 0 atom stereocenters. The molecule has 134 valence electrons. The SMILES string of the molecule is CC(=O)Oc1ccc2c(c1)O[B-](F)(F)O/C2=C\C(Cl)=[N+]1CCOCC1. The lowest BCUT2D eigenvalue weighted by Crippen LogP contribution is -2.39. The third kappa shape index (κ3) is 4.29. The van der Waals surface area contributed by atoms with Crippen LogP contribution >= 0.6 is 11.6 Å². The van der Waals surface area contributed by atoms with E-state index < -0.39 is 13.1 Å². The number of nitrogens with zero attached hydrogens (tertiary/aromatic N) is 1. The van der Waals surface area contributed by atoms with Gasteiger partial charge in [-0.3, -0.25) is 4.79 Å². The van der Waals surface area contributed by atoms with Crippen LogP contribution in [0.1, 0.15) is 12.5 Å². The molecule has 0 aliphatic carbocycles. The highest BCUT2D eigenvalue weighted by atomic mass is 35.5. The summed E-state index contributed by atoms with van der Waals surface area (Å²) in [6, 6.07) is 4.14. The van der Waals surface area contributed by atoms with Gasteiger partial charge in [0.05, 0.1) is 23.1 Å². The molecule has 0 N–H and O–H groups in total. The van der Waals surface area contributed by atoms with Crippen molar-refractivity contribution in [2.24, 2.45) is 0 Å². The van der Waals surface area contributed by atoms with E-state index in [2.05, 4.69) is 9.31 Å². The number of carbonyl (C=O) groups excluding carboxylic acids is 1. The zero-order valence-corrected chi connectivity index (χ0v) is 14.1. The number of benzene rings is 1. The minimum Gasteiger partial charge on any atom is -0.627 e. The molecule has 2 aliphatic heterocycles. The molecule has 0 amide bonds. The molecule has 0 spiro atoms. The van der Waals surface area contributed by atoms with Gasteiger partial charge in [0.25, 0.3) is 5.17 Å². The molecule has 0 unspecified atom stereocenters. The van der Waals surface area contributed by atoms with E-state index in [1.54, 1.807) is 4.58 Å². The second-order valence-electron chi connectivity index (χ2n) is 5.45. The van der Waals surface area contributed by atoms with Gasteiger partial charge in [-0.05, 0) is 23.7 Å². The molecular weight excluding hydrogens is 358 g/mol. The van der Waals surface area contributed by atoms with Crippen molar-refractivity contribution in [3.63, 3.8) is 0 Å². The zero-order chi connectivity index (χ0) is 18.0. The Kier molecular flexibility index (Phi) is 4.96. The number of rotatable bonds is 2. The van der Waals surface area contributed by atoms with Crippen molar-refractivity contribution < 1.29 is 36.8 Å². The van der Waals surface area contributed by atoms with Gasteiger partial charge in [-0.25, -0.2) is 4.58 Å². The maximum absolute atomic E-state index is 13.8. The smallest absolute Gasteiger partial charge is 0.627 e. The fourth-order valence-electron chi connectivity index (χ4n) is 2.50. The predicted molar refractivity (Wildman–Crippen MR) is 87.1 cm³/mol. The van der Waals surface area contributed by atoms with Crippen LogP contribution in [0.4, 0.5) is 8.63 Å². The van der Waals surface area contributed by atoms with Crippen molar-refractivity contribution in [1.82, 2.24) is 0 Å². The summed E-state index contributed by atoms with van der Waals surface area (Å²) in [5, 5.41) is 0.266. The van der Waals surface area contributed by atoms with Gasteiger partial charge >= 0.3 is 13.1 Å². The molecule has 0 radical (unpaired) electrons. The lowest BCUT2D eigenvalue weighted by Gasteiger charge is -2.36. The summed E-state index contributed by atoms with van der Waals surface area (Å²) in [4.78, 5) is 11.0. The molecule has 3 rings (SSSR count). The van der Waals surface area contributed by atoms with Gasteiger partial charge in [0.15, 0.2) is 13.1 Å². The second kappa shape index (κ2) is 7.01. The van der Waals surface area contributed by atoms with Crippen LogP contribution in [0.2, 0.25) is 0 Å². The van der Waals surface area contributed by atoms with Crippen molar-refractivity contribution >= 4 is 35.6 Å². The first-order chi connectivity index (χ1) is 11.8. The van der Waals surface area contributed by atoms with E-state index in [0.29, 0.717) is 26.3 Å². The van der Waals surface area contributed by atoms with Gasteiger partial charge in [0.1, 0.15) is 19.0 Å². The van der Waals surface area contributed by atoms with Crippen molar-refractivity contribution in [3.8, 4) is 11.5 Å². The fraction of sp³-hybridized carbons (Fsp3) is 0.333. The van der Waals surface area contributed by atoms with Crippen molar-refractivity contribution in [2.75, 3.05) is 26.3 Å². The molecule has 10 heteroatoms. The summed E-state index contributed by atoms with van der Waals surface area (Å²) < 4.78 is 48.8. The third-order valence-electron chi connectivity index (χ3n) is 3.57. The van der Waals surface area contributed by atoms with Crippen LogP contribution in [-0.4, -0.2) is 49.1 Å². The standard InChI is InChI=1S/C15H15BClF2NO5/c1-10(21)23-11-2-3-12-13(8-11)24-16(18,19)25-14(12)9-15(17)20-4-6-22-7-5-20/h2-3,8-9H,4-7H2,1H3/b14-9-. The van der Waals surface area contributed by atoms with E-state index in [1.807, 2.05) is 0 Å². The van der Waals surface area contributed by atoms with Crippen LogP contribution in [0.3, 0.4) is 0 Å². The number of fused-ring (bicyclic) bond motifs is 1. The van der Waals surface area contributed by atoms with Gasteiger partial charge in [0.2, 0.25) is 0 Å². The number of halogens is 3. The molecule has 1 aromatic carbocycles. The highest BCUT2D eigenvalue weighted by Gasteiger charge is 2.40. The number of hydrogen-bond donors (Lipinski definition) is 0. The molecule has 1 fully saturated rings. The van der Waals surface area contributed by atoms with Gasteiger partial charge in [0, 0.05) is 13.0 Å². The number of allylic oxidation sites excluding steroid dienone is 1. The maximum Gasteiger partial charge on any atom is 0.725 e. The monoisotopic (exact) mass is 373 g/mol. The number of esters is 1. The quantitative estimate of drug-likeness (QED) is 0.345. The van der Waals surface area contributed by atoms with Crippen LogP contribution in [-0.2, 0) is 14.2 Å². The molecule has 1 aromatic rings. The Bertz CT molecular complexity index is 760. The topological polar surface area (TPSA) is 57.0 Å². The van der Waals surface area contributed by atoms with E-state index in [-0.39, 0.29) is 28.0 Å². The molecule has 1 saturated heterocycles. The van der Waals surface area contributed by atoms with E-state index >= 15 is 0 Å². The lowest BCUT2D eigenvalue weighted by atomic mass is 10.0. The van der Waals surface area contributed by atoms with Crippen molar-refractivity contribution in [1.29, 1.82) is 0 Å². The number of hydrogen-bond acceptors (Lipinski definition) is 5. The third-order valence-corrected chi connectivity index (χ3v) is 3.92. The average molecular weight is 374 g/mol. The van der Waals surface area contributed by atoms with Crippen LogP contribution in [0.5, 0.6) is 11.5 Å². The van der Waals surface area contributed by atoms with Gasteiger partial charge in [-0.1, -0.05) is 0 Å². The van der Waals surface area contributed by atoms with E-state index in [4.69, 9.17) is 21.1 Å². The Morgan fingerprint density at radius 2 is 2.04 bits per heavy atom. The Morgan fingerprint density at radius 1 is 1.32 bits per heavy atom. The van der Waals surface area contributed by atoms with E-state index in [0.717, 1.165) is 0 Å². The molecule has 0 saturated carbocycles. The highest BCUT2D eigenvalue weighted by Crippen LogP contribution is 2.39. The minimum absolute atomic E-state index is 0.0994. The van der Waals surface area contributed by atoms with Crippen LogP contribution < -0.4 is 9.39 Å². The van der Waals surface area contributed by atoms with Crippen LogP contribution in [0.15, 0.2) is 24.3 Å². The Morgan fingerprint density at radius 3 is 2.72 bits per heavy atom. The normalized spacial score (nSPS) is 20.3. The molecular formula is C15H15BClF2NO5. The molecule has 2 heterocycles. The number of carbonyl (C=O) groups is 1. The van der Waals surface area contributed by atoms with Gasteiger partial charge in [-0.15, -0.1) is 0 Å². The van der Waals surface area contributed by atoms with Crippen molar-refractivity contribution in [3.05, 3.63) is 29.8 Å². The van der Waals surface area contributed by atoms with Crippen LogP contribution in [0, 0.1) is 0 Å². The first-order valence-electron chi connectivity index (χ1n) is 7.62. The van der Waals surface area contributed by atoms with Gasteiger partial charge in [-0.2, -0.15) is 0 Å². The molecule has 2 aliphatic rings. The van der Waals surface area contributed by atoms with E-state index in [9.17, 15) is 13.4 Å². The van der Waals surface area contributed by atoms with Crippen LogP contribution in [0.25, 0.3) is 5.76 Å². The maximum atomic E-state index is 13.8. The first-order valence-corrected chi connectivity index (χ1v) is 7.99. The zero-order valence-electron chi connectivity index (χ0n) is 13.3. The summed E-state index contributed by atoms with van der Waals surface area (Å²) in [6.07, 6.45) is 1.33. The lowest BCUT2D eigenvalue weighted by molar-refractivity contribution is -0.546. The molecule has 0 bridgehead atoms. The summed E-state index contributed by atoms with van der Waals surface area (Å²) >= 11 is 6.24. The summed E-state index contributed by atoms with van der Waals surface area (Å²) in [5.74, 6) is -0.726. The Labute approximate surface area is 147 Å². The second-order valence-corrected chi connectivity index (χ2v) is 5.84. The van der Waals surface area contributed by atoms with Gasteiger partial charge < -0.3 is 27.4 Å². The summed E-state index contributed by atoms with van der Waals surface area (Å²) in [7, 11) is -4.56. The Hall–Kier alpha value is -2.13. The average Bonchev–Trinajstić information content (AvgIpc) is 2.53. The van der Waals surface area contributed by atoms with Crippen molar-refractivity contribution in [2.45, 2.75) is 6.92 Å². The summed E-state index contributed by atoms with van der Waals surface area (Å²) in [6.45, 7) is 3.33. The molecule has 0 aromatic heterocycles. The highest BCUT2D eigenvalue weighted by molar-refractivity contribution is 6.67. The molecule has 6 nitrogen and oxygen atoms in total.